The third-order valence-corrected chi connectivity index (χ3v) is 7.45. The molecule has 0 aromatic heterocycles. The van der Waals surface area contributed by atoms with E-state index in [0.717, 1.165) is 44.3 Å². The normalized spacial score (nSPS) is 11.4. The van der Waals surface area contributed by atoms with Gasteiger partial charge in [0.15, 0.2) is 6.29 Å². The van der Waals surface area contributed by atoms with Gasteiger partial charge in [0.05, 0.1) is 11.3 Å². The van der Waals surface area contributed by atoms with Crippen LogP contribution in [0.2, 0.25) is 0 Å². The zero-order valence-corrected chi connectivity index (χ0v) is 21.4. The summed E-state index contributed by atoms with van der Waals surface area (Å²) in [7, 11) is -1.57. The first kappa shape index (κ1) is 30.1. The van der Waals surface area contributed by atoms with Crippen molar-refractivity contribution in [3.63, 3.8) is 0 Å². The summed E-state index contributed by atoms with van der Waals surface area (Å²) in [5.41, 5.74) is 2.72. The predicted octanol–water partition coefficient (Wildman–Crippen LogP) is 5.04. The van der Waals surface area contributed by atoms with Crippen molar-refractivity contribution in [2.45, 2.75) is 89.9 Å². The second-order valence-electron chi connectivity index (χ2n) is 8.76. The standard InChI is InChI=1S/C25H43N3O5S/c1-26-34(32,33)19-15-13-11-9-7-5-3-2-4-6-8-10-12-14-18-27-23-17-16-22(21-29)24(20-23)25(30)28-31/h16-17,20-21,26-27,31H,2-15,18-19H2,1H3,(H,28,30). The highest BCUT2D eigenvalue weighted by molar-refractivity contribution is 7.89. The maximum Gasteiger partial charge on any atom is 0.275 e. The maximum atomic E-state index is 11.6. The van der Waals surface area contributed by atoms with Crippen LogP contribution in [-0.2, 0) is 10.0 Å². The Labute approximate surface area is 205 Å². The predicted molar refractivity (Wildman–Crippen MR) is 137 cm³/mol. The first-order valence-electron chi connectivity index (χ1n) is 12.6. The lowest BCUT2D eigenvalue weighted by molar-refractivity contribution is 0.0704. The van der Waals surface area contributed by atoms with Crippen LogP contribution in [0.4, 0.5) is 5.69 Å². The molecule has 4 N–H and O–H groups in total. The maximum absolute atomic E-state index is 11.6. The summed E-state index contributed by atoms with van der Waals surface area (Å²) >= 11 is 0. The van der Waals surface area contributed by atoms with Gasteiger partial charge in [0.1, 0.15) is 0 Å². The minimum atomic E-state index is -3.04. The number of hydroxylamine groups is 1. The fraction of sp³-hybridized carbons (Fsp3) is 0.680. The van der Waals surface area contributed by atoms with Gasteiger partial charge in [-0.25, -0.2) is 18.6 Å². The molecule has 1 aromatic rings. The minimum absolute atomic E-state index is 0.153. The molecule has 0 atom stereocenters. The Morgan fingerprint density at radius 2 is 1.35 bits per heavy atom. The van der Waals surface area contributed by atoms with E-state index in [1.807, 2.05) is 0 Å². The molecule has 0 spiro atoms. The molecule has 0 aliphatic heterocycles. The number of nitrogens with one attached hydrogen (secondary N) is 3. The van der Waals surface area contributed by atoms with E-state index in [1.54, 1.807) is 23.7 Å². The van der Waals surface area contributed by atoms with Crippen LogP contribution in [0.1, 0.15) is 111 Å². The van der Waals surface area contributed by atoms with E-state index in [4.69, 9.17) is 5.21 Å². The number of hydrogen-bond acceptors (Lipinski definition) is 6. The van der Waals surface area contributed by atoms with Gasteiger partial charge in [0.2, 0.25) is 10.0 Å². The monoisotopic (exact) mass is 497 g/mol. The summed E-state index contributed by atoms with van der Waals surface area (Å²) in [5, 5.41) is 12.1. The number of rotatable bonds is 21. The Bertz CT molecular complexity index is 815. The van der Waals surface area contributed by atoms with Gasteiger partial charge in [-0.1, -0.05) is 77.0 Å². The van der Waals surface area contributed by atoms with Gasteiger partial charge in [0.25, 0.3) is 5.91 Å². The largest absolute Gasteiger partial charge is 0.385 e. The van der Waals surface area contributed by atoms with Crippen molar-refractivity contribution in [1.29, 1.82) is 0 Å². The Morgan fingerprint density at radius 1 is 0.853 bits per heavy atom. The van der Waals surface area contributed by atoms with Gasteiger partial charge in [-0.2, -0.15) is 0 Å². The zero-order chi connectivity index (χ0) is 25.1. The molecule has 1 aromatic carbocycles. The topological polar surface area (TPSA) is 125 Å². The van der Waals surface area contributed by atoms with E-state index in [2.05, 4.69) is 10.0 Å². The number of anilines is 1. The quantitative estimate of drug-likeness (QED) is 0.0816. The van der Waals surface area contributed by atoms with E-state index in [1.165, 1.54) is 64.8 Å². The Morgan fingerprint density at radius 3 is 1.82 bits per heavy atom. The molecule has 1 amide bonds. The van der Waals surface area contributed by atoms with Crippen molar-refractivity contribution >= 4 is 27.9 Å². The minimum Gasteiger partial charge on any atom is -0.385 e. The van der Waals surface area contributed by atoms with Crippen LogP contribution >= 0.6 is 0 Å². The molecule has 0 unspecified atom stereocenters. The lowest BCUT2D eigenvalue weighted by Crippen LogP contribution is -2.21. The molecule has 0 saturated carbocycles. The van der Waals surface area contributed by atoms with Gasteiger partial charge in [-0.3, -0.25) is 14.8 Å². The van der Waals surface area contributed by atoms with E-state index in [9.17, 15) is 18.0 Å². The highest BCUT2D eigenvalue weighted by Crippen LogP contribution is 2.16. The lowest BCUT2D eigenvalue weighted by atomic mass is 10.0. The van der Waals surface area contributed by atoms with Crippen LogP contribution in [0.25, 0.3) is 0 Å². The van der Waals surface area contributed by atoms with E-state index in [-0.39, 0.29) is 16.9 Å². The van der Waals surface area contributed by atoms with Crippen LogP contribution in [0.15, 0.2) is 18.2 Å². The van der Waals surface area contributed by atoms with Crippen LogP contribution in [-0.4, -0.2) is 45.2 Å². The van der Waals surface area contributed by atoms with E-state index in [0.29, 0.717) is 6.29 Å². The van der Waals surface area contributed by atoms with Crippen molar-refractivity contribution in [2.75, 3.05) is 24.7 Å². The molecule has 0 fully saturated rings. The molecule has 0 aliphatic carbocycles. The number of amides is 1. The van der Waals surface area contributed by atoms with Crippen molar-refractivity contribution < 1.29 is 23.2 Å². The molecule has 0 aliphatic rings. The van der Waals surface area contributed by atoms with Crippen LogP contribution < -0.4 is 15.5 Å². The molecular weight excluding hydrogens is 454 g/mol. The number of benzene rings is 1. The molecule has 0 heterocycles. The average molecular weight is 498 g/mol. The Kier molecular flexibility index (Phi) is 16.2. The number of unbranched alkanes of at least 4 members (excludes halogenated alkanes) is 13. The number of carbonyl (C=O) groups is 2. The summed E-state index contributed by atoms with van der Waals surface area (Å²) in [4.78, 5) is 22.6. The van der Waals surface area contributed by atoms with Crippen molar-refractivity contribution in [1.82, 2.24) is 10.2 Å². The molecule has 8 nitrogen and oxygen atoms in total. The van der Waals surface area contributed by atoms with E-state index >= 15 is 0 Å². The smallest absolute Gasteiger partial charge is 0.275 e. The Hall–Kier alpha value is -1.97. The summed E-state index contributed by atoms with van der Waals surface area (Å²) in [6.45, 7) is 0.798. The van der Waals surface area contributed by atoms with Gasteiger partial charge in [0, 0.05) is 17.8 Å². The molecule has 1 rings (SSSR count). The molecule has 0 radical (unpaired) electrons. The van der Waals surface area contributed by atoms with Gasteiger partial charge < -0.3 is 5.32 Å². The van der Waals surface area contributed by atoms with Gasteiger partial charge >= 0.3 is 0 Å². The second-order valence-corrected chi connectivity index (χ2v) is 10.8. The summed E-state index contributed by atoms with van der Waals surface area (Å²) < 4.78 is 25.0. The third kappa shape index (κ3) is 13.7. The highest BCUT2D eigenvalue weighted by atomic mass is 32.2. The van der Waals surface area contributed by atoms with Crippen molar-refractivity contribution in [3.8, 4) is 0 Å². The summed E-state index contributed by atoms with van der Waals surface area (Å²) in [6, 6.07) is 4.91. The molecule has 0 saturated heterocycles. The van der Waals surface area contributed by atoms with E-state index < -0.39 is 15.9 Å². The molecular formula is C25H43N3O5S. The first-order valence-corrected chi connectivity index (χ1v) is 14.3. The van der Waals surface area contributed by atoms with Crippen molar-refractivity contribution in [2.24, 2.45) is 0 Å². The molecule has 0 bridgehead atoms. The average Bonchev–Trinajstić information content (AvgIpc) is 2.85. The number of sulfonamides is 1. The fourth-order valence-electron chi connectivity index (χ4n) is 3.90. The number of aldehydes is 1. The van der Waals surface area contributed by atoms with Crippen LogP contribution in [0.3, 0.4) is 0 Å². The first-order chi connectivity index (χ1) is 16.4. The van der Waals surface area contributed by atoms with Gasteiger partial charge in [-0.05, 0) is 38.1 Å². The summed E-state index contributed by atoms with van der Waals surface area (Å²) in [5.74, 6) is -0.455. The van der Waals surface area contributed by atoms with Crippen molar-refractivity contribution in [3.05, 3.63) is 29.3 Å². The lowest BCUT2D eigenvalue weighted by Gasteiger charge is -2.09. The molecule has 34 heavy (non-hydrogen) atoms. The highest BCUT2D eigenvalue weighted by Gasteiger charge is 2.11. The second kappa shape index (κ2) is 18.4. The molecule has 194 valence electrons. The third-order valence-electron chi connectivity index (χ3n) is 6.01. The van der Waals surface area contributed by atoms with Gasteiger partial charge in [-0.15, -0.1) is 0 Å². The zero-order valence-electron chi connectivity index (χ0n) is 20.6. The number of hydrogen-bond donors (Lipinski definition) is 4. The summed E-state index contributed by atoms with van der Waals surface area (Å²) in [6.07, 6.45) is 17.0. The number of carbonyl (C=O) groups excluding carboxylic acids is 2. The molecule has 9 heteroatoms. The SMILES string of the molecule is CNS(=O)(=O)CCCCCCCCCCCCCCCCNc1ccc(C=O)c(C(=O)NO)c1. The Balaban J connectivity index is 1.93. The fourth-order valence-corrected chi connectivity index (χ4v) is 4.69. The van der Waals surface area contributed by atoms with Crippen LogP contribution in [0.5, 0.6) is 0 Å². The van der Waals surface area contributed by atoms with Crippen LogP contribution in [0, 0.1) is 0 Å².